The highest BCUT2D eigenvalue weighted by molar-refractivity contribution is 7.90. The number of benzene rings is 2. The lowest BCUT2D eigenvalue weighted by atomic mass is 10.1. The van der Waals surface area contributed by atoms with E-state index < -0.39 is 27.4 Å². The average Bonchev–Trinajstić information content (AvgIpc) is 3.10. The van der Waals surface area contributed by atoms with Gasteiger partial charge in [0.05, 0.1) is 21.8 Å². The Balaban J connectivity index is 1.80. The Bertz CT molecular complexity index is 1460. The molecule has 0 radical (unpaired) electrons. The van der Waals surface area contributed by atoms with Gasteiger partial charge in [0.2, 0.25) is 0 Å². The molecular weight excluding hydrogens is 460 g/mol. The Morgan fingerprint density at radius 3 is 2.45 bits per heavy atom. The van der Waals surface area contributed by atoms with E-state index in [1.165, 1.54) is 22.7 Å². The Kier molecular flexibility index (Phi) is 5.65. The zero-order valence-corrected chi connectivity index (χ0v) is 18.3. The SMILES string of the molecule is CCc1nc2c(C(F)(F)F)cccn2c1-c1cccc(Oc2cc(F)cc(S(C)(=O)=O)c2)c1. The van der Waals surface area contributed by atoms with Gasteiger partial charge >= 0.3 is 6.18 Å². The average molecular weight is 478 g/mol. The van der Waals surface area contributed by atoms with E-state index in [1.807, 2.05) is 0 Å². The van der Waals surface area contributed by atoms with Gasteiger partial charge in [-0.2, -0.15) is 13.2 Å². The van der Waals surface area contributed by atoms with E-state index in [0.29, 0.717) is 23.4 Å². The number of hydrogen-bond acceptors (Lipinski definition) is 4. The molecule has 4 aromatic rings. The molecule has 4 rings (SSSR count). The summed E-state index contributed by atoms with van der Waals surface area (Å²) in [4.78, 5) is 3.99. The molecule has 0 saturated carbocycles. The largest absolute Gasteiger partial charge is 0.457 e. The van der Waals surface area contributed by atoms with Gasteiger partial charge in [0.1, 0.15) is 23.0 Å². The van der Waals surface area contributed by atoms with Crippen molar-refractivity contribution in [3.05, 3.63) is 77.9 Å². The van der Waals surface area contributed by atoms with Crippen LogP contribution in [0.3, 0.4) is 0 Å². The van der Waals surface area contributed by atoms with Gasteiger partial charge in [0, 0.05) is 24.1 Å². The van der Waals surface area contributed by atoms with Crippen molar-refractivity contribution >= 4 is 15.5 Å². The Morgan fingerprint density at radius 2 is 1.79 bits per heavy atom. The predicted octanol–water partition coefficient (Wildman–Crippen LogP) is 5.92. The lowest BCUT2D eigenvalue weighted by Gasteiger charge is -2.11. The molecule has 0 fully saturated rings. The molecule has 0 bridgehead atoms. The van der Waals surface area contributed by atoms with Gasteiger partial charge in [-0.25, -0.2) is 17.8 Å². The van der Waals surface area contributed by atoms with Crippen molar-refractivity contribution < 1.29 is 30.7 Å². The van der Waals surface area contributed by atoms with Crippen LogP contribution in [0.2, 0.25) is 0 Å². The number of hydrogen-bond donors (Lipinski definition) is 0. The number of sulfone groups is 1. The molecule has 0 amide bonds. The normalized spacial score (nSPS) is 12.3. The zero-order valence-electron chi connectivity index (χ0n) is 17.5. The molecule has 0 N–H and O–H groups in total. The van der Waals surface area contributed by atoms with Crippen LogP contribution < -0.4 is 4.74 Å². The highest BCUT2D eigenvalue weighted by Crippen LogP contribution is 2.36. The van der Waals surface area contributed by atoms with Crippen LogP contribution in [0.4, 0.5) is 17.6 Å². The standard InChI is InChI=1S/C23H18F4N2O3S/c1-3-20-21(29-9-5-8-19(22(29)28-20)23(25,26)27)14-6-4-7-16(10-14)32-17-11-15(24)12-18(13-17)33(2,30)31/h4-13H,3H2,1-2H3. The number of rotatable bonds is 5. The summed E-state index contributed by atoms with van der Waals surface area (Å²) in [7, 11) is -3.66. The maximum atomic E-state index is 13.9. The van der Waals surface area contributed by atoms with Gasteiger partial charge in [0.25, 0.3) is 0 Å². The van der Waals surface area contributed by atoms with Crippen molar-refractivity contribution in [1.82, 2.24) is 9.38 Å². The summed E-state index contributed by atoms with van der Waals surface area (Å²) in [5, 5.41) is 0. The fraction of sp³-hybridized carbons (Fsp3) is 0.174. The van der Waals surface area contributed by atoms with Crippen LogP contribution >= 0.6 is 0 Å². The molecule has 5 nitrogen and oxygen atoms in total. The second-order valence-corrected chi connectivity index (χ2v) is 9.41. The Morgan fingerprint density at radius 1 is 1.03 bits per heavy atom. The van der Waals surface area contributed by atoms with Gasteiger partial charge in [-0.05, 0) is 42.8 Å². The fourth-order valence-electron chi connectivity index (χ4n) is 3.54. The van der Waals surface area contributed by atoms with Gasteiger partial charge < -0.3 is 4.74 Å². The summed E-state index contributed by atoms with van der Waals surface area (Å²) in [6.07, 6.45) is -1.71. The van der Waals surface area contributed by atoms with E-state index in [-0.39, 0.29) is 22.0 Å². The lowest BCUT2D eigenvalue weighted by molar-refractivity contribution is -0.136. The third-order valence-corrected chi connectivity index (χ3v) is 6.07. The van der Waals surface area contributed by atoms with Crippen LogP contribution in [-0.4, -0.2) is 24.1 Å². The second kappa shape index (κ2) is 8.18. The number of fused-ring (bicyclic) bond motifs is 1. The minimum absolute atomic E-state index is 0.0270. The molecule has 33 heavy (non-hydrogen) atoms. The van der Waals surface area contributed by atoms with Crippen molar-refractivity contribution in [3.8, 4) is 22.8 Å². The van der Waals surface area contributed by atoms with Crippen LogP contribution in [0.15, 0.2) is 65.7 Å². The van der Waals surface area contributed by atoms with Gasteiger partial charge in [-0.1, -0.05) is 19.1 Å². The summed E-state index contributed by atoms with van der Waals surface area (Å²) in [5.74, 6) is -0.555. The number of imidazole rings is 1. The minimum Gasteiger partial charge on any atom is -0.457 e. The first kappa shape index (κ1) is 22.8. The van der Waals surface area contributed by atoms with Gasteiger partial charge in [0.15, 0.2) is 9.84 Å². The molecule has 2 heterocycles. The monoisotopic (exact) mass is 478 g/mol. The van der Waals surface area contributed by atoms with Crippen molar-refractivity contribution in [2.45, 2.75) is 24.4 Å². The fourth-order valence-corrected chi connectivity index (χ4v) is 4.20. The second-order valence-electron chi connectivity index (χ2n) is 7.40. The molecule has 0 spiro atoms. The summed E-state index contributed by atoms with van der Waals surface area (Å²) in [6.45, 7) is 1.79. The Hall–Kier alpha value is -3.40. The Labute approximate surface area is 187 Å². The minimum atomic E-state index is -4.56. The summed E-state index contributed by atoms with van der Waals surface area (Å²) in [6, 6.07) is 11.9. The summed E-state index contributed by atoms with van der Waals surface area (Å²) in [5.41, 5.74) is 0.433. The molecule has 0 aliphatic rings. The van der Waals surface area contributed by atoms with Crippen molar-refractivity contribution in [2.24, 2.45) is 0 Å². The third kappa shape index (κ3) is 4.56. The van der Waals surface area contributed by atoms with Crippen LogP contribution in [0.5, 0.6) is 11.5 Å². The molecule has 0 aliphatic carbocycles. The molecule has 0 saturated heterocycles. The van der Waals surface area contributed by atoms with Crippen molar-refractivity contribution in [1.29, 1.82) is 0 Å². The van der Waals surface area contributed by atoms with E-state index in [2.05, 4.69) is 4.98 Å². The molecule has 10 heteroatoms. The first-order valence-electron chi connectivity index (χ1n) is 9.83. The predicted molar refractivity (Wildman–Crippen MR) is 115 cm³/mol. The number of aromatic nitrogens is 2. The first-order chi connectivity index (χ1) is 15.5. The number of nitrogens with zero attached hydrogens (tertiary/aromatic N) is 2. The van der Waals surface area contributed by atoms with E-state index in [9.17, 15) is 26.0 Å². The van der Waals surface area contributed by atoms with E-state index in [1.54, 1.807) is 31.2 Å². The quantitative estimate of drug-likeness (QED) is 0.334. The molecule has 2 aromatic heterocycles. The van der Waals surface area contributed by atoms with Gasteiger partial charge in [-0.15, -0.1) is 0 Å². The molecule has 0 aliphatic heterocycles. The lowest BCUT2D eigenvalue weighted by Crippen LogP contribution is -2.07. The van der Waals surface area contributed by atoms with E-state index in [0.717, 1.165) is 24.5 Å². The van der Waals surface area contributed by atoms with Crippen LogP contribution in [0, 0.1) is 5.82 Å². The molecule has 0 atom stereocenters. The van der Waals surface area contributed by atoms with Crippen molar-refractivity contribution in [3.63, 3.8) is 0 Å². The highest BCUT2D eigenvalue weighted by Gasteiger charge is 2.34. The maximum Gasteiger partial charge on any atom is 0.419 e. The third-order valence-electron chi connectivity index (χ3n) is 4.98. The number of ether oxygens (including phenoxy) is 1. The van der Waals surface area contributed by atoms with Crippen LogP contribution in [0.1, 0.15) is 18.2 Å². The molecule has 172 valence electrons. The molecule has 0 unspecified atom stereocenters. The first-order valence-corrected chi connectivity index (χ1v) is 11.7. The van der Waals surface area contributed by atoms with Gasteiger partial charge in [-0.3, -0.25) is 4.40 Å². The number of pyridine rings is 1. The number of halogens is 4. The van der Waals surface area contributed by atoms with Crippen LogP contribution in [0.25, 0.3) is 16.9 Å². The topological polar surface area (TPSA) is 60.7 Å². The summed E-state index contributed by atoms with van der Waals surface area (Å²) >= 11 is 0. The maximum absolute atomic E-state index is 13.9. The highest BCUT2D eigenvalue weighted by atomic mass is 32.2. The number of aryl methyl sites for hydroxylation is 1. The summed E-state index contributed by atoms with van der Waals surface area (Å²) < 4.78 is 85.0. The zero-order chi connectivity index (χ0) is 24.0. The molecular formula is C23H18F4N2O3S. The molecule has 2 aromatic carbocycles. The van der Waals surface area contributed by atoms with Crippen LogP contribution in [-0.2, 0) is 22.4 Å². The van der Waals surface area contributed by atoms with Crippen molar-refractivity contribution in [2.75, 3.05) is 6.26 Å². The van der Waals surface area contributed by atoms with E-state index in [4.69, 9.17) is 4.74 Å². The number of alkyl halides is 3. The van der Waals surface area contributed by atoms with E-state index >= 15 is 0 Å². The smallest absolute Gasteiger partial charge is 0.419 e.